The number of unbranched alkanes of at least 4 members (excludes halogenated alkanes) is 1. The molecule has 0 saturated heterocycles. The summed E-state index contributed by atoms with van der Waals surface area (Å²) in [6.07, 6.45) is 17.9. The van der Waals surface area contributed by atoms with Crippen LogP contribution in [0.1, 0.15) is 89.0 Å². The van der Waals surface area contributed by atoms with Crippen LogP contribution in [-0.4, -0.2) is 0 Å². The van der Waals surface area contributed by atoms with Crippen LogP contribution >= 0.6 is 0 Å². The van der Waals surface area contributed by atoms with E-state index in [-0.39, 0.29) is 5.92 Å². The van der Waals surface area contributed by atoms with Gasteiger partial charge in [-0.3, -0.25) is 0 Å². The molecule has 150 valence electrons. The van der Waals surface area contributed by atoms with Crippen LogP contribution < -0.4 is 0 Å². The molecule has 0 aromatic heterocycles. The van der Waals surface area contributed by atoms with E-state index in [1.807, 2.05) is 0 Å². The quantitative estimate of drug-likeness (QED) is 0.348. The summed E-state index contributed by atoms with van der Waals surface area (Å²) < 4.78 is 40.2. The SMILES string of the molecule is CCC/C=C/C[C@H]1CC[C@H]([C@H]2CC[C@H](c3cc(F)c(F)c(F)c3)CC2)CC1. The zero-order chi connectivity index (χ0) is 19.2. The molecule has 0 spiro atoms. The summed E-state index contributed by atoms with van der Waals surface area (Å²) in [5.41, 5.74) is 0.632. The smallest absolute Gasteiger partial charge is 0.194 e. The van der Waals surface area contributed by atoms with Crippen molar-refractivity contribution in [2.75, 3.05) is 0 Å². The second kappa shape index (κ2) is 9.80. The van der Waals surface area contributed by atoms with Gasteiger partial charge in [0.05, 0.1) is 0 Å². The maximum atomic E-state index is 13.5. The maximum Gasteiger partial charge on any atom is 0.194 e. The molecule has 0 nitrogen and oxygen atoms in total. The van der Waals surface area contributed by atoms with Crippen LogP contribution in [-0.2, 0) is 0 Å². The highest BCUT2D eigenvalue weighted by Crippen LogP contribution is 2.44. The van der Waals surface area contributed by atoms with Crippen molar-refractivity contribution in [1.29, 1.82) is 0 Å². The number of hydrogen-bond donors (Lipinski definition) is 0. The summed E-state index contributed by atoms with van der Waals surface area (Å²) in [5.74, 6) is -0.858. The Morgan fingerprint density at radius 3 is 1.93 bits per heavy atom. The maximum absolute atomic E-state index is 13.5. The van der Waals surface area contributed by atoms with Crippen molar-refractivity contribution in [2.45, 2.75) is 83.5 Å². The van der Waals surface area contributed by atoms with E-state index in [1.54, 1.807) is 0 Å². The minimum atomic E-state index is -1.35. The molecular weight excluding hydrogens is 345 g/mol. The van der Waals surface area contributed by atoms with E-state index in [4.69, 9.17) is 0 Å². The Hall–Kier alpha value is -1.25. The third-order valence-electron chi connectivity index (χ3n) is 6.90. The number of benzene rings is 1. The number of rotatable bonds is 6. The van der Waals surface area contributed by atoms with Gasteiger partial charge in [0, 0.05) is 0 Å². The van der Waals surface area contributed by atoms with Gasteiger partial charge < -0.3 is 0 Å². The Morgan fingerprint density at radius 2 is 1.37 bits per heavy atom. The number of halogens is 3. The predicted molar refractivity (Wildman–Crippen MR) is 105 cm³/mol. The van der Waals surface area contributed by atoms with Crippen molar-refractivity contribution in [3.8, 4) is 0 Å². The van der Waals surface area contributed by atoms with Gasteiger partial charge in [-0.1, -0.05) is 25.5 Å². The first kappa shape index (κ1) is 20.5. The van der Waals surface area contributed by atoms with E-state index in [9.17, 15) is 13.2 Å². The third kappa shape index (κ3) is 5.39. The molecule has 3 heteroatoms. The molecule has 27 heavy (non-hydrogen) atoms. The van der Waals surface area contributed by atoms with Crippen molar-refractivity contribution >= 4 is 0 Å². The molecule has 2 fully saturated rings. The van der Waals surface area contributed by atoms with Gasteiger partial charge in [-0.15, -0.1) is 0 Å². The van der Waals surface area contributed by atoms with Gasteiger partial charge in [0.1, 0.15) is 0 Å². The number of hydrogen-bond acceptors (Lipinski definition) is 0. The van der Waals surface area contributed by atoms with Crippen molar-refractivity contribution in [3.63, 3.8) is 0 Å². The van der Waals surface area contributed by atoms with Gasteiger partial charge in [0.25, 0.3) is 0 Å². The van der Waals surface area contributed by atoms with Gasteiger partial charge in [-0.25, -0.2) is 13.2 Å². The van der Waals surface area contributed by atoms with Gasteiger partial charge in [0.15, 0.2) is 17.5 Å². The first-order valence-corrected chi connectivity index (χ1v) is 10.9. The summed E-state index contributed by atoms with van der Waals surface area (Å²) in [6.45, 7) is 2.22. The molecule has 2 saturated carbocycles. The molecule has 1 aromatic rings. The third-order valence-corrected chi connectivity index (χ3v) is 6.90. The fourth-order valence-corrected chi connectivity index (χ4v) is 5.20. The van der Waals surface area contributed by atoms with E-state index in [1.165, 1.54) is 57.1 Å². The van der Waals surface area contributed by atoms with Gasteiger partial charge in [-0.05, 0) is 106 Å². The molecule has 0 amide bonds. The lowest BCUT2D eigenvalue weighted by molar-refractivity contribution is 0.160. The standard InChI is InChI=1S/C24H33F3/c1-2-3-4-5-6-17-7-9-18(10-8-17)19-11-13-20(14-12-19)21-15-22(25)24(27)23(26)16-21/h4-5,15-20H,2-3,6-14H2,1H3/b5-4+/t17-,18-,19-,20-. The molecule has 2 aliphatic rings. The van der Waals surface area contributed by atoms with Crippen LogP contribution in [0.5, 0.6) is 0 Å². The first-order chi connectivity index (χ1) is 13.1. The van der Waals surface area contributed by atoms with Crippen LogP contribution in [0.15, 0.2) is 24.3 Å². The highest BCUT2D eigenvalue weighted by molar-refractivity contribution is 5.23. The van der Waals surface area contributed by atoms with Gasteiger partial charge in [0.2, 0.25) is 0 Å². The molecule has 2 aliphatic carbocycles. The average Bonchev–Trinajstić information content (AvgIpc) is 2.70. The summed E-state index contributed by atoms with van der Waals surface area (Å²) >= 11 is 0. The fraction of sp³-hybridized carbons (Fsp3) is 0.667. The minimum Gasteiger partial charge on any atom is -0.204 e. The van der Waals surface area contributed by atoms with Crippen molar-refractivity contribution < 1.29 is 13.2 Å². The summed E-state index contributed by atoms with van der Waals surface area (Å²) in [6, 6.07) is 2.39. The summed E-state index contributed by atoms with van der Waals surface area (Å²) in [5, 5.41) is 0. The van der Waals surface area contributed by atoms with E-state index >= 15 is 0 Å². The normalized spacial score (nSPS) is 29.3. The van der Waals surface area contributed by atoms with E-state index in [0.29, 0.717) is 5.56 Å². The predicted octanol–water partition coefficient (Wildman–Crippen LogP) is 7.93. The fourth-order valence-electron chi connectivity index (χ4n) is 5.20. The molecular formula is C24H33F3. The Bertz CT molecular complexity index is 598. The summed E-state index contributed by atoms with van der Waals surface area (Å²) in [7, 11) is 0. The van der Waals surface area contributed by atoms with E-state index in [0.717, 1.165) is 43.4 Å². The minimum absolute atomic E-state index is 0.172. The molecule has 3 rings (SSSR count). The average molecular weight is 379 g/mol. The first-order valence-electron chi connectivity index (χ1n) is 10.9. The van der Waals surface area contributed by atoms with Crippen molar-refractivity contribution in [1.82, 2.24) is 0 Å². The molecule has 0 bridgehead atoms. The second-order valence-corrected chi connectivity index (χ2v) is 8.69. The van der Waals surface area contributed by atoms with Gasteiger partial charge >= 0.3 is 0 Å². The number of allylic oxidation sites excluding steroid dienone is 2. The monoisotopic (exact) mass is 378 g/mol. The molecule has 0 unspecified atom stereocenters. The molecule has 0 N–H and O–H groups in total. The van der Waals surface area contributed by atoms with Crippen LogP contribution in [0, 0.1) is 35.2 Å². The lowest BCUT2D eigenvalue weighted by atomic mass is 9.68. The Balaban J connectivity index is 1.45. The van der Waals surface area contributed by atoms with Crippen LogP contribution in [0.25, 0.3) is 0 Å². The topological polar surface area (TPSA) is 0 Å². The van der Waals surface area contributed by atoms with E-state index < -0.39 is 17.5 Å². The van der Waals surface area contributed by atoms with Gasteiger partial charge in [-0.2, -0.15) is 0 Å². The lowest BCUT2D eigenvalue weighted by Crippen LogP contribution is -2.25. The highest BCUT2D eigenvalue weighted by atomic mass is 19.2. The summed E-state index contributed by atoms with van der Waals surface area (Å²) in [4.78, 5) is 0. The second-order valence-electron chi connectivity index (χ2n) is 8.69. The van der Waals surface area contributed by atoms with Crippen molar-refractivity contribution in [2.24, 2.45) is 17.8 Å². The largest absolute Gasteiger partial charge is 0.204 e. The Morgan fingerprint density at radius 1 is 0.815 bits per heavy atom. The Labute approximate surface area is 162 Å². The molecule has 0 atom stereocenters. The molecule has 0 aliphatic heterocycles. The molecule has 1 aromatic carbocycles. The zero-order valence-electron chi connectivity index (χ0n) is 16.5. The van der Waals surface area contributed by atoms with Crippen molar-refractivity contribution in [3.05, 3.63) is 47.3 Å². The van der Waals surface area contributed by atoms with Crippen LogP contribution in [0.4, 0.5) is 13.2 Å². The lowest BCUT2D eigenvalue weighted by Gasteiger charge is -2.38. The van der Waals surface area contributed by atoms with E-state index in [2.05, 4.69) is 19.1 Å². The molecule has 0 heterocycles. The molecule has 0 radical (unpaired) electrons. The highest BCUT2D eigenvalue weighted by Gasteiger charge is 2.31. The van der Waals surface area contributed by atoms with Crippen LogP contribution in [0.3, 0.4) is 0 Å². The van der Waals surface area contributed by atoms with Crippen LogP contribution in [0.2, 0.25) is 0 Å². The Kier molecular flexibility index (Phi) is 7.43. The zero-order valence-corrected chi connectivity index (χ0v) is 16.5.